The van der Waals surface area contributed by atoms with Crippen molar-refractivity contribution in [2.45, 2.75) is 62.2 Å². The zero-order chi connectivity index (χ0) is 18.8. The highest BCUT2D eigenvalue weighted by molar-refractivity contribution is 5.89. The van der Waals surface area contributed by atoms with Gasteiger partial charge in [-0.2, -0.15) is 0 Å². The van der Waals surface area contributed by atoms with Gasteiger partial charge < -0.3 is 19.4 Å². The van der Waals surface area contributed by atoms with Gasteiger partial charge >= 0.3 is 0 Å². The number of carbonyl (C=O) groups excluding carboxylic acids is 1. The fourth-order valence-corrected chi connectivity index (χ4v) is 7.64. The molecular weight excluding hydrogens is 342 g/mol. The van der Waals surface area contributed by atoms with E-state index in [2.05, 4.69) is 7.05 Å². The molecule has 1 spiro atoms. The van der Waals surface area contributed by atoms with Crippen molar-refractivity contribution in [3.63, 3.8) is 0 Å². The average molecular weight is 370 g/mol. The number of Topliss-reactive ketones (excluding diaryl/α,β-unsaturated/α-hetero) is 1. The first-order valence-corrected chi connectivity index (χ1v) is 10.4. The molecule has 0 amide bonds. The van der Waals surface area contributed by atoms with Gasteiger partial charge in [0.1, 0.15) is 11.6 Å². The number of carbonyl (C=O) groups is 1. The van der Waals surface area contributed by atoms with E-state index in [1.165, 1.54) is 12.8 Å². The Labute approximate surface area is 159 Å². The van der Waals surface area contributed by atoms with E-state index < -0.39 is 17.1 Å². The molecule has 6 atom stereocenters. The lowest BCUT2D eigenvalue weighted by Gasteiger charge is -2.58. The van der Waals surface area contributed by atoms with Gasteiger partial charge in [-0.3, -0.25) is 4.79 Å². The van der Waals surface area contributed by atoms with Crippen molar-refractivity contribution in [2.24, 2.45) is 11.8 Å². The molecule has 1 aromatic carbocycles. The summed E-state index contributed by atoms with van der Waals surface area (Å²) in [5.41, 5.74) is 0.267. The number of aliphatic hydroxyl groups is 1. The highest BCUT2D eigenvalue weighted by Crippen LogP contribution is 2.69. The summed E-state index contributed by atoms with van der Waals surface area (Å²) in [6.45, 7) is 4.24. The van der Waals surface area contributed by atoms with Crippen molar-refractivity contribution in [2.75, 3.05) is 20.1 Å². The number of phenolic OH excluding ortho intramolecular Hbond substituents is 1. The molecule has 144 valence electrons. The zero-order valence-corrected chi connectivity index (χ0v) is 16.1. The Morgan fingerprint density at radius 1 is 1.33 bits per heavy atom. The lowest BCUT2D eigenvalue weighted by molar-refractivity contribution is -0.989. The van der Waals surface area contributed by atoms with Crippen molar-refractivity contribution in [1.29, 1.82) is 0 Å². The van der Waals surface area contributed by atoms with Crippen LogP contribution in [-0.2, 0) is 10.2 Å². The van der Waals surface area contributed by atoms with Crippen molar-refractivity contribution in [1.82, 2.24) is 0 Å². The molecule has 5 aliphatic rings. The van der Waals surface area contributed by atoms with Gasteiger partial charge in [-0.1, -0.05) is 6.07 Å². The van der Waals surface area contributed by atoms with Crippen LogP contribution < -0.4 is 4.74 Å². The van der Waals surface area contributed by atoms with E-state index in [-0.39, 0.29) is 17.6 Å². The molecule has 0 bridgehead atoms. The van der Waals surface area contributed by atoms with Crippen LogP contribution in [0.4, 0.5) is 0 Å². The number of ether oxygens (including phenoxy) is 1. The second-order valence-corrected chi connectivity index (χ2v) is 10.2. The van der Waals surface area contributed by atoms with Gasteiger partial charge in [-0.15, -0.1) is 0 Å². The van der Waals surface area contributed by atoms with Crippen LogP contribution in [0.1, 0.15) is 43.2 Å². The van der Waals surface area contributed by atoms with Crippen LogP contribution in [0.15, 0.2) is 12.1 Å². The molecule has 2 heterocycles. The van der Waals surface area contributed by atoms with Gasteiger partial charge in [0, 0.05) is 17.9 Å². The lowest BCUT2D eigenvalue weighted by Crippen LogP contribution is -2.76. The van der Waals surface area contributed by atoms with Crippen LogP contribution in [0.5, 0.6) is 11.5 Å². The summed E-state index contributed by atoms with van der Waals surface area (Å²) < 4.78 is 7.06. The van der Waals surface area contributed by atoms with E-state index in [4.69, 9.17) is 4.74 Å². The first-order chi connectivity index (χ1) is 12.8. The largest absolute Gasteiger partial charge is 0.504 e. The van der Waals surface area contributed by atoms with Crippen molar-refractivity contribution < 1.29 is 24.2 Å². The summed E-state index contributed by atoms with van der Waals surface area (Å²) in [6, 6.07) is 3.71. The van der Waals surface area contributed by atoms with E-state index in [0.29, 0.717) is 24.5 Å². The van der Waals surface area contributed by atoms with Crippen molar-refractivity contribution >= 4 is 5.78 Å². The zero-order valence-electron chi connectivity index (χ0n) is 16.1. The minimum absolute atomic E-state index is 0.0763. The van der Waals surface area contributed by atoms with E-state index in [1.54, 1.807) is 6.07 Å². The number of hydrogen-bond donors (Lipinski definition) is 2. The maximum Gasteiger partial charge on any atom is 0.174 e. The Bertz CT molecular complexity index is 879. The number of nitrogens with zero attached hydrogens (tertiary/aromatic N) is 1. The van der Waals surface area contributed by atoms with Crippen LogP contribution >= 0.6 is 0 Å². The monoisotopic (exact) mass is 370 g/mol. The third-order valence-corrected chi connectivity index (χ3v) is 8.51. The summed E-state index contributed by atoms with van der Waals surface area (Å²) in [6.07, 6.45) is 3.64. The number of likely N-dealkylation sites (N-methyl/N-ethyl adjacent to an activating group) is 1. The van der Waals surface area contributed by atoms with Crippen LogP contribution in [0.3, 0.4) is 0 Å². The summed E-state index contributed by atoms with van der Waals surface area (Å²) >= 11 is 0. The van der Waals surface area contributed by atoms with Gasteiger partial charge in [0.2, 0.25) is 0 Å². The Morgan fingerprint density at radius 2 is 2.11 bits per heavy atom. The third kappa shape index (κ3) is 1.72. The highest BCUT2D eigenvalue weighted by Gasteiger charge is 2.81. The Morgan fingerprint density at radius 3 is 2.85 bits per heavy atom. The van der Waals surface area contributed by atoms with Gasteiger partial charge in [-0.25, -0.2) is 0 Å². The minimum atomic E-state index is -0.943. The number of aryl methyl sites for hydroxylation is 1. The fraction of sp³-hybridized carbons (Fsp3) is 0.682. The van der Waals surface area contributed by atoms with Gasteiger partial charge in [0.05, 0.1) is 31.5 Å². The number of ketones is 1. The molecule has 5 unspecified atom stereocenters. The quantitative estimate of drug-likeness (QED) is 0.782. The summed E-state index contributed by atoms with van der Waals surface area (Å²) in [5.74, 6) is 1.82. The van der Waals surface area contributed by atoms with E-state index >= 15 is 0 Å². The number of likely N-dealkylation sites (tertiary alicyclic amines) is 1. The Balaban J connectivity index is 1.54. The topological polar surface area (TPSA) is 66.8 Å². The van der Waals surface area contributed by atoms with E-state index in [0.717, 1.165) is 41.0 Å². The van der Waals surface area contributed by atoms with Gasteiger partial charge in [0.25, 0.3) is 0 Å². The molecule has 1 saturated heterocycles. The smallest absolute Gasteiger partial charge is 0.174 e. The molecule has 1 aromatic rings. The molecular formula is C22H28NO4+. The maximum atomic E-state index is 12.9. The fourth-order valence-electron chi connectivity index (χ4n) is 7.64. The number of hydrogen-bond acceptors (Lipinski definition) is 4. The van der Waals surface area contributed by atoms with Crippen LogP contribution in [0.2, 0.25) is 0 Å². The number of quaternary nitrogens is 1. The third-order valence-electron chi connectivity index (χ3n) is 8.51. The predicted molar refractivity (Wildman–Crippen MR) is 98.7 cm³/mol. The second kappa shape index (κ2) is 4.69. The number of fused-ring (bicyclic) bond motifs is 3. The molecule has 2 aliphatic heterocycles. The molecule has 0 radical (unpaired) electrons. The number of aromatic hydroxyl groups is 1. The average Bonchev–Trinajstić information content (AvgIpc) is 3.27. The number of phenols is 1. The molecule has 3 saturated carbocycles. The Kier molecular flexibility index (Phi) is 2.84. The maximum absolute atomic E-state index is 12.9. The first-order valence-electron chi connectivity index (χ1n) is 10.4. The van der Waals surface area contributed by atoms with Crippen molar-refractivity contribution in [3.05, 3.63) is 23.3 Å². The summed E-state index contributed by atoms with van der Waals surface area (Å²) in [4.78, 5) is 12.9. The molecule has 6 rings (SSSR count). The lowest BCUT2D eigenvalue weighted by atomic mass is 9.58. The van der Waals surface area contributed by atoms with Crippen LogP contribution in [0.25, 0.3) is 0 Å². The summed E-state index contributed by atoms with van der Waals surface area (Å²) in [5, 5.41) is 22.7. The van der Waals surface area contributed by atoms with E-state index in [9.17, 15) is 15.0 Å². The first kappa shape index (κ1) is 16.4. The molecule has 5 nitrogen and oxygen atoms in total. The Hall–Kier alpha value is -1.59. The standard InChI is InChI=1S/C22H27NO4/c1-12-3-6-15(24)18-17(12)21-9-14-11-23(2,10-13-4-5-13)19(14)22(21,26)8-7-16(25)20(21)27-18/h3,6,13-14,19-20,26H,4-5,7-11H2,1-2H3/p+1/t14?,19?,20?,21?,22-,23?/m1/s1. The molecule has 5 heteroatoms. The second-order valence-electron chi connectivity index (χ2n) is 10.2. The molecule has 0 aromatic heterocycles. The number of benzene rings is 1. The molecule has 4 fully saturated rings. The highest BCUT2D eigenvalue weighted by atomic mass is 16.5. The normalized spacial score (nSPS) is 46.8. The van der Waals surface area contributed by atoms with E-state index in [1.807, 2.05) is 13.0 Å². The summed E-state index contributed by atoms with van der Waals surface area (Å²) in [7, 11) is 2.30. The molecule has 2 N–H and O–H groups in total. The predicted octanol–water partition coefficient (Wildman–Crippen LogP) is 2.05. The minimum Gasteiger partial charge on any atom is -0.504 e. The van der Waals surface area contributed by atoms with Crippen LogP contribution in [-0.4, -0.2) is 58.4 Å². The van der Waals surface area contributed by atoms with Gasteiger partial charge in [0.15, 0.2) is 23.4 Å². The van der Waals surface area contributed by atoms with Crippen LogP contribution in [0, 0.1) is 18.8 Å². The number of rotatable bonds is 2. The van der Waals surface area contributed by atoms with Gasteiger partial charge in [-0.05, 0) is 44.2 Å². The molecule has 27 heavy (non-hydrogen) atoms. The molecule has 3 aliphatic carbocycles. The van der Waals surface area contributed by atoms with Crippen molar-refractivity contribution in [3.8, 4) is 11.5 Å². The SMILES string of the molecule is Cc1ccc(O)c2c1C13CC4C[N+](C)(CC5CC5)C4[C@]1(O)CCC(=O)C3O2.